The Morgan fingerprint density at radius 1 is 0.583 bits per heavy atom. The second-order valence-corrected chi connectivity index (χ2v) is 16.5. The Labute approximate surface area is 286 Å². The molecule has 0 atom stereocenters. The van der Waals surface area contributed by atoms with Gasteiger partial charge < -0.3 is 0 Å². The normalized spacial score (nSPS) is 23.6. The smallest absolute Gasteiger partial charge is 0.234 e. The molecule has 48 heavy (non-hydrogen) atoms. The Hall–Kier alpha value is -4.26. The number of allylic oxidation sites excluding steroid dienone is 7. The maximum absolute atomic E-state index is 13.4. The van der Waals surface area contributed by atoms with Gasteiger partial charge in [-0.25, -0.2) is 0 Å². The second kappa shape index (κ2) is 10.1. The van der Waals surface area contributed by atoms with Crippen LogP contribution in [0.15, 0.2) is 77.9 Å². The monoisotopic (exact) mass is 664 g/mol. The molecule has 0 saturated heterocycles. The molecule has 4 nitrogen and oxygen atoms in total. The molecule has 0 unspecified atom stereocenters. The van der Waals surface area contributed by atoms with Gasteiger partial charge in [0.1, 0.15) is 0 Å². The number of carbonyl (C=O) groups excluding carboxylic acids is 4. The summed E-state index contributed by atoms with van der Waals surface area (Å²) in [6.45, 7) is 0. The lowest BCUT2D eigenvalue weighted by Crippen LogP contribution is -2.28. The van der Waals surface area contributed by atoms with Gasteiger partial charge in [0.15, 0.2) is 0 Å². The highest BCUT2D eigenvalue weighted by Gasteiger charge is 2.56. The average molecular weight is 665 g/mol. The van der Waals surface area contributed by atoms with E-state index in [-0.39, 0.29) is 16.6 Å². The lowest BCUT2D eigenvalue weighted by Gasteiger charge is -2.38. The zero-order valence-electron chi connectivity index (χ0n) is 26.4. The molecule has 0 radical (unpaired) electrons. The topological polar surface area (TPSA) is 68.3 Å². The summed E-state index contributed by atoms with van der Waals surface area (Å²) in [6.07, 6.45) is 17.9. The van der Waals surface area contributed by atoms with E-state index in [9.17, 15) is 19.2 Å². The van der Waals surface area contributed by atoms with Crippen LogP contribution in [0.2, 0.25) is 0 Å². The molecule has 0 bridgehead atoms. The molecule has 2 aromatic heterocycles. The van der Waals surface area contributed by atoms with Crippen molar-refractivity contribution in [2.75, 3.05) is 0 Å². The first-order chi connectivity index (χ1) is 23.4. The molecular formula is C42H32O4S2. The highest BCUT2D eigenvalue weighted by Crippen LogP contribution is 2.70. The van der Waals surface area contributed by atoms with Gasteiger partial charge in [-0.05, 0) is 77.3 Å². The first-order valence-corrected chi connectivity index (χ1v) is 18.9. The van der Waals surface area contributed by atoms with Gasteiger partial charge in [-0.1, -0.05) is 93.1 Å². The molecule has 6 aliphatic carbocycles. The van der Waals surface area contributed by atoms with E-state index in [0.717, 1.165) is 54.5 Å². The van der Waals surface area contributed by atoms with Crippen molar-refractivity contribution in [3.63, 3.8) is 0 Å². The Kier molecular flexibility index (Phi) is 6.06. The SMILES string of the molecule is O=C1C(=O)c2ccccc2/C1=C/C1=CC2=C(c3sc4cc(/C=C5\C(=O)C(=O)c6ccccc65)sc4c3C23CCCCC3)C12CCCCC2. The van der Waals surface area contributed by atoms with Crippen molar-refractivity contribution in [1.82, 2.24) is 0 Å². The molecule has 2 spiro atoms. The van der Waals surface area contributed by atoms with E-state index < -0.39 is 17.3 Å². The van der Waals surface area contributed by atoms with Crippen molar-refractivity contribution in [3.8, 4) is 0 Å². The Morgan fingerprint density at radius 3 is 1.73 bits per heavy atom. The zero-order valence-corrected chi connectivity index (χ0v) is 28.1. The second-order valence-electron chi connectivity index (χ2n) is 14.3. The maximum Gasteiger partial charge on any atom is 0.234 e. The molecule has 2 heterocycles. The maximum atomic E-state index is 13.4. The predicted octanol–water partition coefficient (Wildman–Crippen LogP) is 9.98. The highest BCUT2D eigenvalue weighted by atomic mass is 32.1. The Balaban J connectivity index is 1.14. The van der Waals surface area contributed by atoms with Gasteiger partial charge in [0, 0.05) is 47.6 Å². The summed E-state index contributed by atoms with van der Waals surface area (Å²) in [6, 6.07) is 17.0. The fraction of sp³-hybridized carbons (Fsp3) is 0.286. The third-order valence-electron chi connectivity index (χ3n) is 12.0. The van der Waals surface area contributed by atoms with Gasteiger partial charge in [0.2, 0.25) is 23.1 Å². The molecule has 6 heteroatoms. The molecule has 10 rings (SSSR count). The number of hydrogen-bond donors (Lipinski definition) is 0. The number of carbonyl (C=O) groups is 4. The van der Waals surface area contributed by atoms with E-state index in [2.05, 4.69) is 18.2 Å². The summed E-state index contributed by atoms with van der Waals surface area (Å²) in [4.78, 5) is 54.6. The van der Waals surface area contributed by atoms with Crippen LogP contribution in [-0.2, 0) is 15.0 Å². The largest absolute Gasteiger partial charge is 0.285 e. The summed E-state index contributed by atoms with van der Waals surface area (Å²) >= 11 is 3.66. The summed E-state index contributed by atoms with van der Waals surface area (Å²) in [5, 5.41) is 0. The van der Waals surface area contributed by atoms with Crippen LogP contribution in [-0.4, -0.2) is 23.1 Å². The number of fused-ring (bicyclic) bond motifs is 9. The number of Topliss-reactive ketones (excluding diaryl/α,β-unsaturated/α-hetero) is 4. The first kappa shape index (κ1) is 28.7. The minimum absolute atomic E-state index is 0.0692. The van der Waals surface area contributed by atoms with Crippen LogP contribution >= 0.6 is 22.7 Å². The van der Waals surface area contributed by atoms with Crippen molar-refractivity contribution >= 4 is 78.0 Å². The van der Waals surface area contributed by atoms with E-state index in [1.165, 1.54) is 62.2 Å². The number of thiophene rings is 2. The van der Waals surface area contributed by atoms with Crippen molar-refractivity contribution < 1.29 is 19.2 Å². The number of rotatable bonds is 2. The fourth-order valence-electron chi connectivity index (χ4n) is 9.91. The molecule has 236 valence electrons. The Morgan fingerprint density at radius 2 is 1.12 bits per heavy atom. The minimum Gasteiger partial charge on any atom is -0.285 e. The van der Waals surface area contributed by atoms with Crippen molar-refractivity contribution in [2.24, 2.45) is 5.41 Å². The van der Waals surface area contributed by atoms with E-state index in [1.54, 1.807) is 23.5 Å². The van der Waals surface area contributed by atoms with Gasteiger partial charge >= 0.3 is 0 Å². The van der Waals surface area contributed by atoms with Gasteiger partial charge in [0.25, 0.3) is 0 Å². The minimum atomic E-state index is -0.418. The summed E-state index contributed by atoms with van der Waals surface area (Å²) in [5.74, 6) is -1.61. The quantitative estimate of drug-likeness (QED) is 0.158. The molecule has 0 amide bonds. The van der Waals surface area contributed by atoms with Crippen molar-refractivity contribution in [1.29, 1.82) is 0 Å². The molecule has 4 aromatic rings. The third kappa shape index (κ3) is 3.65. The fourth-order valence-corrected chi connectivity index (χ4v) is 12.9. The van der Waals surface area contributed by atoms with Crippen LogP contribution in [0.4, 0.5) is 0 Å². The molecule has 2 aromatic carbocycles. The van der Waals surface area contributed by atoms with Gasteiger partial charge in [0.05, 0.1) is 4.70 Å². The van der Waals surface area contributed by atoms with Crippen LogP contribution in [0.5, 0.6) is 0 Å². The van der Waals surface area contributed by atoms with Crippen LogP contribution < -0.4 is 0 Å². The molecule has 0 aliphatic heterocycles. The van der Waals surface area contributed by atoms with Crippen LogP contribution in [0.1, 0.15) is 111 Å². The lowest BCUT2D eigenvalue weighted by molar-refractivity contribution is -0.110. The summed E-state index contributed by atoms with van der Waals surface area (Å²) in [5.41, 5.74) is 9.01. The Bertz CT molecular complexity index is 2320. The van der Waals surface area contributed by atoms with Crippen LogP contribution in [0.3, 0.4) is 0 Å². The highest BCUT2D eigenvalue weighted by molar-refractivity contribution is 7.29. The molecule has 0 N–H and O–H groups in total. The third-order valence-corrected chi connectivity index (χ3v) is 14.4. The van der Waals surface area contributed by atoms with E-state index >= 15 is 0 Å². The van der Waals surface area contributed by atoms with E-state index in [4.69, 9.17) is 0 Å². The molecule has 6 aliphatic rings. The van der Waals surface area contributed by atoms with Gasteiger partial charge in [-0.3, -0.25) is 19.2 Å². The standard InChI is InChI=1S/C42H32O4S2/c43-35-27-13-5-3-11-25(27)29(37(35)45)19-23-20-31-33(41(23)15-7-1-8-16-41)40-34(42(31)17-9-2-10-18-42)39-32(48-40)22-24(47-39)21-30-26-12-4-6-14-28(26)36(44)38(30)46/h3-6,11-14,19-22H,1-2,7-10,15-18H2/b29-19-,30-21-. The summed E-state index contributed by atoms with van der Waals surface area (Å²) < 4.78 is 2.58. The molecular weight excluding hydrogens is 633 g/mol. The number of benzene rings is 2. The van der Waals surface area contributed by atoms with E-state index in [1.807, 2.05) is 53.8 Å². The van der Waals surface area contributed by atoms with Crippen molar-refractivity contribution in [3.05, 3.63) is 115 Å². The van der Waals surface area contributed by atoms with Crippen LogP contribution in [0.25, 0.3) is 32.2 Å². The predicted molar refractivity (Wildman–Crippen MR) is 192 cm³/mol. The van der Waals surface area contributed by atoms with Crippen LogP contribution in [0, 0.1) is 5.41 Å². The summed E-state index contributed by atoms with van der Waals surface area (Å²) in [7, 11) is 0. The van der Waals surface area contributed by atoms with E-state index in [0.29, 0.717) is 22.3 Å². The average Bonchev–Trinajstić information content (AvgIpc) is 3.90. The molecule has 2 saturated carbocycles. The van der Waals surface area contributed by atoms with Gasteiger partial charge in [-0.2, -0.15) is 0 Å². The first-order valence-electron chi connectivity index (χ1n) is 17.3. The van der Waals surface area contributed by atoms with Gasteiger partial charge in [-0.15, -0.1) is 22.7 Å². The molecule has 2 fully saturated rings. The lowest BCUT2D eigenvalue weighted by atomic mass is 9.66. The number of ketones is 4. The zero-order chi connectivity index (χ0) is 32.4. The number of hydrogen-bond acceptors (Lipinski definition) is 6. The van der Waals surface area contributed by atoms with Crippen molar-refractivity contribution in [2.45, 2.75) is 69.6 Å².